The summed E-state index contributed by atoms with van der Waals surface area (Å²) in [6, 6.07) is 0. The maximum atomic E-state index is 6.25. The zero-order valence-corrected chi connectivity index (χ0v) is 19.9. The minimum atomic E-state index is -1.66. The molecule has 0 unspecified atom stereocenters. The summed E-state index contributed by atoms with van der Waals surface area (Å²) in [6.07, 6.45) is 13.9. The van der Waals surface area contributed by atoms with Gasteiger partial charge in [0.1, 0.15) is 0 Å². The van der Waals surface area contributed by atoms with Crippen molar-refractivity contribution in [3.05, 3.63) is 0 Å². The van der Waals surface area contributed by atoms with E-state index in [1.165, 1.54) is 64.2 Å². The lowest BCUT2D eigenvalue weighted by Crippen LogP contribution is -2.51. The number of rotatable bonds is 16. The van der Waals surface area contributed by atoms with E-state index in [1.54, 1.807) is 0 Å². The predicted octanol–water partition coefficient (Wildman–Crippen LogP) is 7.30. The van der Waals surface area contributed by atoms with E-state index in [4.69, 9.17) is 8.85 Å². The highest BCUT2D eigenvalue weighted by Gasteiger charge is 2.45. The first-order valence-corrected chi connectivity index (χ1v) is 16.6. The molecule has 0 aliphatic heterocycles. The van der Waals surface area contributed by atoms with Gasteiger partial charge in [-0.1, -0.05) is 71.1 Å². The van der Waals surface area contributed by atoms with Gasteiger partial charge in [0.15, 0.2) is 16.6 Å². The maximum Gasteiger partial charge on any atom is 0.189 e. The molecule has 0 aliphatic rings. The van der Waals surface area contributed by atoms with Crippen LogP contribution in [0.15, 0.2) is 0 Å². The standard InChI is InChI=1S/C20H46O2Si2/c1-8-11-12-13-14-15-16-17-18-19-20(23(4,5)21-9-2)24(6,7)22-10-3/h20H,8-19H2,1-7H3. The molecule has 146 valence electrons. The average molecular weight is 375 g/mol. The van der Waals surface area contributed by atoms with E-state index in [0.29, 0.717) is 5.16 Å². The van der Waals surface area contributed by atoms with Crippen LogP contribution in [0.5, 0.6) is 0 Å². The molecule has 0 saturated carbocycles. The molecule has 0 heterocycles. The van der Waals surface area contributed by atoms with Crippen LogP contribution in [-0.2, 0) is 8.85 Å². The lowest BCUT2D eigenvalue weighted by molar-refractivity contribution is 0.299. The Hall–Kier alpha value is 0.354. The van der Waals surface area contributed by atoms with Crippen molar-refractivity contribution in [2.24, 2.45) is 0 Å². The molecule has 0 bridgehead atoms. The summed E-state index contributed by atoms with van der Waals surface area (Å²) in [5.41, 5.74) is 0. The molecule has 0 radical (unpaired) electrons. The zero-order valence-electron chi connectivity index (χ0n) is 17.9. The van der Waals surface area contributed by atoms with Gasteiger partial charge in [0.25, 0.3) is 0 Å². The summed E-state index contributed by atoms with van der Waals surface area (Å²) in [5, 5.41) is 0.703. The number of hydrogen-bond donors (Lipinski definition) is 0. The molecule has 0 aliphatic carbocycles. The van der Waals surface area contributed by atoms with Crippen LogP contribution in [-0.4, -0.2) is 29.8 Å². The van der Waals surface area contributed by atoms with Crippen molar-refractivity contribution < 1.29 is 8.85 Å². The first kappa shape index (κ1) is 24.4. The molecule has 24 heavy (non-hydrogen) atoms. The Kier molecular flexibility index (Phi) is 13.7. The van der Waals surface area contributed by atoms with Crippen LogP contribution >= 0.6 is 0 Å². The first-order valence-electron chi connectivity index (χ1n) is 10.6. The second-order valence-electron chi connectivity index (χ2n) is 8.24. The third kappa shape index (κ3) is 10.4. The van der Waals surface area contributed by atoms with Gasteiger partial charge in [-0.15, -0.1) is 0 Å². The van der Waals surface area contributed by atoms with E-state index in [9.17, 15) is 0 Å². The van der Waals surface area contributed by atoms with Crippen LogP contribution in [0.1, 0.15) is 85.0 Å². The predicted molar refractivity (Wildman–Crippen MR) is 114 cm³/mol. The van der Waals surface area contributed by atoms with Crippen molar-refractivity contribution in [2.75, 3.05) is 13.2 Å². The van der Waals surface area contributed by atoms with E-state index < -0.39 is 16.6 Å². The van der Waals surface area contributed by atoms with Gasteiger partial charge in [0, 0.05) is 13.2 Å². The summed E-state index contributed by atoms with van der Waals surface area (Å²) >= 11 is 0. The van der Waals surface area contributed by atoms with E-state index in [0.717, 1.165) is 13.2 Å². The molecule has 0 aromatic heterocycles. The zero-order chi connectivity index (χ0) is 18.5. The smallest absolute Gasteiger partial charge is 0.189 e. The van der Waals surface area contributed by atoms with Crippen molar-refractivity contribution in [1.82, 2.24) is 0 Å². The molecule has 0 rings (SSSR count). The fourth-order valence-electron chi connectivity index (χ4n) is 4.14. The SMILES string of the molecule is CCCCCCCCCCCC([Si](C)(C)OCC)[Si](C)(C)OCC. The van der Waals surface area contributed by atoms with Gasteiger partial charge >= 0.3 is 0 Å². The quantitative estimate of drug-likeness (QED) is 0.208. The largest absolute Gasteiger partial charge is 0.418 e. The highest BCUT2D eigenvalue weighted by atomic mass is 28.4. The fraction of sp³-hybridized carbons (Fsp3) is 1.00. The van der Waals surface area contributed by atoms with Crippen LogP contribution in [0.25, 0.3) is 0 Å². The Morgan fingerprint density at radius 2 is 0.958 bits per heavy atom. The Morgan fingerprint density at radius 1 is 0.583 bits per heavy atom. The van der Waals surface area contributed by atoms with Crippen molar-refractivity contribution in [3.8, 4) is 0 Å². The molecular formula is C20H46O2Si2. The molecule has 0 atom stereocenters. The minimum Gasteiger partial charge on any atom is -0.418 e. The normalized spacial score (nSPS) is 13.0. The van der Waals surface area contributed by atoms with E-state index in [-0.39, 0.29) is 0 Å². The lowest BCUT2D eigenvalue weighted by atomic mass is 10.1. The molecule has 0 saturated heterocycles. The lowest BCUT2D eigenvalue weighted by Gasteiger charge is -2.41. The second kappa shape index (κ2) is 13.5. The van der Waals surface area contributed by atoms with Gasteiger partial charge in [-0.05, 0) is 45.2 Å². The van der Waals surface area contributed by atoms with Gasteiger partial charge in [-0.2, -0.15) is 0 Å². The van der Waals surface area contributed by atoms with Crippen LogP contribution in [0.3, 0.4) is 0 Å². The van der Waals surface area contributed by atoms with Gasteiger partial charge < -0.3 is 8.85 Å². The minimum absolute atomic E-state index is 0.703. The Labute approximate surface area is 155 Å². The van der Waals surface area contributed by atoms with Crippen LogP contribution in [0, 0.1) is 0 Å². The van der Waals surface area contributed by atoms with Crippen molar-refractivity contribution in [3.63, 3.8) is 0 Å². The molecule has 0 aromatic carbocycles. The molecule has 0 N–H and O–H groups in total. The van der Waals surface area contributed by atoms with E-state index >= 15 is 0 Å². The van der Waals surface area contributed by atoms with Gasteiger partial charge in [0.05, 0.1) is 0 Å². The molecule has 0 spiro atoms. The van der Waals surface area contributed by atoms with E-state index in [2.05, 4.69) is 47.0 Å². The average Bonchev–Trinajstić information content (AvgIpc) is 2.48. The molecule has 4 heteroatoms. The Balaban J connectivity index is 4.24. The van der Waals surface area contributed by atoms with Gasteiger partial charge in [-0.25, -0.2) is 0 Å². The third-order valence-corrected chi connectivity index (χ3v) is 15.5. The Morgan fingerprint density at radius 3 is 1.33 bits per heavy atom. The molecule has 0 amide bonds. The fourth-order valence-corrected chi connectivity index (χ4v) is 15.0. The van der Waals surface area contributed by atoms with Crippen molar-refractivity contribution in [2.45, 2.75) is 116 Å². The third-order valence-electron chi connectivity index (χ3n) is 5.31. The monoisotopic (exact) mass is 374 g/mol. The summed E-state index contributed by atoms with van der Waals surface area (Å²) in [5.74, 6) is 0. The maximum absolute atomic E-state index is 6.25. The van der Waals surface area contributed by atoms with Gasteiger partial charge in [0.2, 0.25) is 0 Å². The Bertz CT molecular complexity index is 275. The highest BCUT2D eigenvalue weighted by molar-refractivity contribution is 6.91. The topological polar surface area (TPSA) is 18.5 Å². The summed E-state index contributed by atoms with van der Waals surface area (Å²) in [6.45, 7) is 17.9. The van der Waals surface area contributed by atoms with Crippen molar-refractivity contribution >= 4 is 16.6 Å². The van der Waals surface area contributed by atoms with Crippen LogP contribution < -0.4 is 0 Å². The molecule has 2 nitrogen and oxygen atoms in total. The second-order valence-corrected chi connectivity index (χ2v) is 17.2. The number of unbranched alkanes of at least 4 members (excludes halogenated alkanes) is 8. The number of hydrogen-bond acceptors (Lipinski definition) is 2. The highest BCUT2D eigenvalue weighted by Crippen LogP contribution is 2.38. The first-order chi connectivity index (χ1) is 11.3. The van der Waals surface area contributed by atoms with E-state index in [1.807, 2.05) is 0 Å². The van der Waals surface area contributed by atoms with Crippen LogP contribution in [0.4, 0.5) is 0 Å². The van der Waals surface area contributed by atoms with Crippen molar-refractivity contribution in [1.29, 1.82) is 0 Å². The molecular weight excluding hydrogens is 328 g/mol. The molecule has 0 fully saturated rings. The summed E-state index contributed by atoms with van der Waals surface area (Å²) in [7, 11) is -3.32. The van der Waals surface area contributed by atoms with Crippen LogP contribution in [0.2, 0.25) is 31.4 Å². The summed E-state index contributed by atoms with van der Waals surface area (Å²) in [4.78, 5) is 0. The van der Waals surface area contributed by atoms with Gasteiger partial charge in [-0.3, -0.25) is 0 Å². The summed E-state index contributed by atoms with van der Waals surface area (Å²) < 4.78 is 12.5. The molecule has 0 aromatic rings.